The van der Waals surface area contributed by atoms with Crippen molar-refractivity contribution < 1.29 is 0 Å². The maximum absolute atomic E-state index is 5.31. The first-order chi connectivity index (χ1) is 55.5. The van der Waals surface area contributed by atoms with Crippen LogP contribution in [0.2, 0.25) is 0 Å². The van der Waals surface area contributed by atoms with Gasteiger partial charge in [0.05, 0.1) is 44.1 Å². The minimum absolute atomic E-state index is 0.583. The Morgan fingerprint density at radius 1 is 0.196 bits per heavy atom. The van der Waals surface area contributed by atoms with Gasteiger partial charge in [-0.25, -0.2) is 29.9 Å². The Morgan fingerprint density at radius 2 is 0.545 bits per heavy atom. The van der Waals surface area contributed by atoms with Gasteiger partial charge in [-0.3, -0.25) is 13.7 Å². The molecule has 112 heavy (non-hydrogen) atoms. The summed E-state index contributed by atoms with van der Waals surface area (Å²) in [7, 11) is 0. The van der Waals surface area contributed by atoms with E-state index in [4.69, 9.17) is 39.9 Å². The highest BCUT2D eigenvalue weighted by Gasteiger charge is 2.25. The number of para-hydroxylation sites is 10. The third kappa shape index (κ3) is 10.9. The Bertz CT molecular complexity index is 7580. The second-order valence-electron chi connectivity index (χ2n) is 27.8. The molecule has 23 rings (SSSR count). The van der Waals surface area contributed by atoms with E-state index in [9.17, 15) is 0 Å². The largest absolute Gasteiger partial charge is 0.309 e. The molecule has 0 aliphatic carbocycles. The molecule has 0 radical (unpaired) electrons. The molecule has 0 amide bonds. The molecule has 14 heteroatoms. The number of fused-ring (bicyclic) bond motifs is 14. The number of nitrogens with zero attached hydrogens (tertiary/aromatic N) is 12. The number of aromatic nitrogens is 12. The van der Waals surface area contributed by atoms with Gasteiger partial charge in [0.25, 0.3) is 0 Å². The Hall–Kier alpha value is -14.7. The molecule has 12 nitrogen and oxygen atoms in total. The smallest absolute Gasteiger partial charge is 0.238 e. The molecule has 0 unspecified atom stereocenters. The highest BCUT2D eigenvalue weighted by molar-refractivity contribution is 7.26. The van der Waals surface area contributed by atoms with Gasteiger partial charge in [0, 0.05) is 118 Å². The minimum Gasteiger partial charge on any atom is -0.309 e. The predicted octanol–water partition coefficient (Wildman–Crippen LogP) is 25.0. The van der Waals surface area contributed by atoms with Gasteiger partial charge >= 0.3 is 0 Å². The molecule has 0 fully saturated rings. The summed E-state index contributed by atoms with van der Waals surface area (Å²) < 4.78 is 13.7. The summed E-state index contributed by atoms with van der Waals surface area (Å²) in [5.74, 6) is 5.52. The molecule has 0 atom stereocenters. The average molecular weight is 1470 g/mol. The minimum atomic E-state index is 0.583. The van der Waals surface area contributed by atoms with Crippen molar-refractivity contribution in [2.45, 2.75) is 0 Å². The van der Waals surface area contributed by atoms with Gasteiger partial charge in [-0.2, -0.15) is 9.97 Å². The summed E-state index contributed by atoms with van der Waals surface area (Å²) in [4.78, 5) is 41.7. The monoisotopic (exact) mass is 1470 g/mol. The Labute approximate surface area is 649 Å². The van der Waals surface area contributed by atoms with Crippen LogP contribution in [0.5, 0.6) is 0 Å². The summed E-state index contributed by atoms with van der Waals surface area (Å²) >= 11 is 3.57. The SMILES string of the molecule is c1ccc(-c2nc(-c3ccc4c(c3)c3ccccc3n4-c3ccccc3)nc(-c3cccc4sc5ccc(-c6nc7ccccc7n6-c6ccccc6)cc5c34)n2)cc1.c1ccc(-c2nc(-c3cccc4sc5ccc(-c6nc7ccccc7n6-c6ccccc6)cc5c34)nc(-n3c4ccccc4c4ccccc43)n2)cc1. The van der Waals surface area contributed by atoms with Crippen LogP contribution in [-0.4, -0.2) is 58.1 Å². The second-order valence-corrected chi connectivity index (χ2v) is 30.0. The Morgan fingerprint density at radius 3 is 1.04 bits per heavy atom. The molecular weight excluding hydrogens is 1410 g/mol. The first-order valence-corrected chi connectivity index (χ1v) is 38.9. The first kappa shape index (κ1) is 64.5. The lowest BCUT2D eigenvalue weighted by atomic mass is 10.0. The van der Waals surface area contributed by atoms with Gasteiger partial charge < -0.3 is 4.57 Å². The third-order valence-electron chi connectivity index (χ3n) is 21.2. The van der Waals surface area contributed by atoms with Crippen molar-refractivity contribution in [2.24, 2.45) is 0 Å². The normalized spacial score (nSPS) is 11.8. The molecule has 0 N–H and O–H groups in total. The zero-order chi connectivity index (χ0) is 73.7. The van der Waals surface area contributed by atoms with Crippen molar-refractivity contribution in [1.82, 2.24) is 58.1 Å². The first-order valence-electron chi connectivity index (χ1n) is 37.2. The quantitative estimate of drug-likeness (QED) is 0.125. The van der Waals surface area contributed by atoms with Crippen molar-refractivity contribution in [1.29, 1.82) is 0 Å². The van der Waals surface area contributed by atoms with E-state index in [1.807, 2.05) is 60.7 Å². The number of thiophene rings is 2. The van der Waals surface area contributed by atoms with Crippen LogP contribution in [-0.2, 0) is 0 Å². The highest BCUT2D eigenvalue weighted by atomic mass is 32.1. The summed E-state index contributed by atoms with van der Waals surface area (Å²) in [6.07, 6.45) is 0. The zero-order valence-electron chi connectivity index (χ0n) is 59.8. The van der Waals surface area contributed by atoms with E-state index in [-0.39, 0.29) is 0 Å². The number of benzene rings is 15. The molecule has 8 aromatic heterocycles. The van der Waals surface area contributed by atoms with Gasteiger partial charge in [0.1, 0.15) is 11.6 Å². The summed E-state index contributed by atoms with van der Waals surface area (Å²) in [5, 5.41) is 9.16. The maximum atomic E-state index is 5.31. The molecule has 0 aliphatic rings. The molecule has 0 aliphatic heterocycles. The molecule has 0 saturated carbocycles. The highest BCUT2D eigenvalue weighted by Crippen LogP contribution is 2.46. The lowest BCUT2D eigenvalue weighted by molar-refractivity contribution is 0.954. The van der Waals surface area contributed by atoms with E-state index in [0.29, 0.717) is 35.1 Å². The van der Waals surface area contributed by atoms with Gasteiger partial charge in [-0.1, -0.05) is 218 Å². The van der Waals surface area contributed by atoms with Crippen LogP contribution >= 0.6 is 22.7 Å². The van der Waals surface area contributed by atoms with Crippen molar-refractivity contribution in [3.63, 3.8) is 0 Å². The second kappa shape index (κ2) is 26.6. The van der Waals surface area contributed by atoms with Gasteiger partial charge in [0.2, 0.25) is 5.95 Å². The van der Waals surface area contributed by atoms with E-state index in [2.05, 4.69) is 322 Å². The van der Waals surface area contributed by atoms with Gasteiger partial charge in [0.15, 0.2) is 29.1 Å². The van der Waals surface area contributed by atoms with Crippen LogP contribution in [0.15, 0.2) is 364 Å². The van der Waals surface area contributed by atoms with Crippen LogP contribution < -0.4 is 0 Å². The Balaban J connectivity index is 0.000000138. The van der Waals surface area contributed by atoms with Crippen molar-refractivity contribution in [3.05, 3.63) is 364 Å². The molecule has 0 saturated heterocycles. The summed E-state index contributed by atoms with van der Waals surface area (Å²) in [6.45, 7) is 0. The van der Waals surface area contributed by atoms with Crippen molar-refractivity contribution >= 4 is 129 Å². The van der Waals surface area contributed by atoms with E-state index in [1.54, 1.807) is 22.7 Å². The third-order valence-corrected chi connectivity index (χ3v) is 23.5. The van der Waals surface area contributed by atoms with E-state index in [0.717, 1.165) is 149 Å². The van der Waals surface area contributed by atoms with E-state index in [1.165, 1.54) is 24.2 Å². The lowest BCUT2D eigenvalue weighted by Gasteiger charge is -2.12. The number of hydrogen-bond donors (Lipinski definition) is 0. The fourth-order valence-corrected chi connectivity index (χ4v) is 18.4. The van der Waals surface area contributed by atoms with Crippen LogP contribution in [0.1, 0.15) is 0 Å². The molecular formula is C98H60N12S2. The van der Waals surface area contributed by atoms with Crippen molar-refractivity contribution in [3.8, 4) is 103 Å². The number of rotatable bonds is 11. The molecule has 0 spiro atoms. The fraction of sp³-hybridized carbons (Fsp3) is 0. The van der Waals surface area contributed by atoms with Gasteiger partial charge in [-0.05, 0) is 146 Å². The standard InChI is InChI=1S/C52H32N6S.C46H28N6S/c1-4-15-33(16-5-1)49-54-50(34-27-29-44-40(31-34)38-21-10-12-24-43(38)57(44)36-17-6-2-7-18-36)56-51(55-49)39-22-14-26-47-48(39)41-32-35(28-30-46(41)59-47)52-53-42-23-11-13-25-45(42)58(52)37-19-8-3-9-20-37;1-3-14-29(15-4-1)43-48-44(50-46(49-43)52-37-22-10-7-18-32(37)33-19-8-11-23-38(33)52)34-20-13-25-41-42(34)35-28-30(26-27-40(35)53-41)45-47-36-21-9-12-24-39(36)51(45)31-16-5-2-6-17-31/h1-32H;1-28H. The lowest BCUT2D eigenvalue weighted by Crippen LogP contribution is -2.06. The molecule has 524 valence electrons. The van der Waals surface area contributed by atoms with E-state index >= 15 is 0 Å². The van der Waals surface area contributed by atoms with Crippen LogP contribution in [0, 0.1) is 0 Å². The summed E-state index contributed by atoms with van der Waals surface area (Å²) in [6, 6.07) is 127. The van der Waals surface area contributed by atoms with Crippen LogP contribution in [0.3, 0.4) is 0 Å². The number of imidazole rings is 2. The molecule has 8 heterocycles. The molecule has 15 aromatic carbocycles. The zero-order valence-corrected chi connectivity index (χ0v) is 61.5. The maximum Gasteiger partial charge on any atom is 0.238 e. The molecule has 0 bridgehead atoms. The topological polar surface area (TPSA) is 123 Å². The molecule has 23 aromatic rings. The number of hydrogen-bond acceptors (Lipinski definition) is 10. The van der Waals surface area contributed by atoms with Gasteiger partial charge in [-0.15, -0.1) is 22.7 Å². The fourth-order valence-electron chi connectivity index (χ4n) is 16.2. The van der Waals surface area contributed by atoms with Crippen molar-refractivity contribution in [2.75, 3.05) is 0 Å². The summed E-state index contributed by atoms with van der Waals surface area (Å²) in [5.41, 5.74) is 18.5. The van der Waals surface area contributed by atoms with Crippen LogP contribution in [0.4, 0.5) is 0 Å². The average Bonchev–Trinajstić information content (AvgIpc) is 1.59. The Kier molecular flexibility index (Phi) is 15.3. The van der Waals surface area contributed by atoms with Crippen LogP contribution in [0.25, 0.3) is 209 Å². The van der Waals surface area contributed by atoms with E-state index < -0.39 is 0 Å². The predicted molar refractivity (Wildman–Crippen MR) is 461 cm³/mol.